The number of carboxylic acids is 1. The van der Waals surface area contributed by atoms with Gasteiger partial charge in [-0.15, -0.1) is 0 Å². The van der Waals surface area contributed by atoms with Crippen LogP contribution in [0.25, 0.3) is 0 Å². The van der Waals surface area contributed by atoms with E-state index in [2.05, 4.69) is 12.2 Å². The number of phenolic OH excluding ortho intramolecular Hbond substituents is 2. The number of carbonyl (C=O) groups is 3. The van der Waals surface area contributed by atoms with Crippen LogP contribution in [0, 0.1) is 0 Å². The number of fused-ring (bicyclic) bond motifs is 1. The molecule has 0 fully saturated rings. The number of unbranched alkanes of at least 4 members (excludes halogenated alkanes) is 2. The number of amides is 2. The molecule has 0 aromatic heterocycles. The van der Waals surface area contributed by atoms with Gasteiger partial charge in [0.05, 0.1) is 11.1 Å². The number of benzene rings is 2. The second-order valence-electron chi connectivity index (χ2n) is 8.01. The highest BCUT2D eigenvalue weighted by atomic mass is 16.4. The summed E-state index contributed by atoms with van der Waals surface area (Å²) in [6.45, 7) is 3.17. The highest BCUT2D eigenvalue weighted by Gasteiger charge is 2.28. The van der Waals surface area contributed by atoms with Gasteiger partial charge in [0.25, 0.3) is 11.8 Å². The highest BCUT2D eigenvalue weighted by Crippen LogP contribution is 2.31. The van der Waals surface area contributed by atoms with Crippen molar-refractivity contribution in [3.63, 3.8) is 0 Å². The van der Waals surface area contributed by atoms with Crippen molar-refractivity contribution in [1.29, 1.82) is 0 Å². The van der Waals surface area contributed by atoms with E-state index in [4.69, 9.17) is 5.11 Å². The minimum absolute atomic E-state index is 0.0338. The molecule has 2 amide bonds. The zero-order valence-corrected chi connectivity index (χ0v) is 18.1. The Morgan fingerprint density at radius 3 is 2.41 bits per heavy atom. The zero-order valence-electron chi connectivity index (χ0n) is 18.1. The van der Waals surface area contributed by atoms with Gasteiger partial charge in [-0.05, 0) is 35.6 Å². The quantitative estimate of drug-likeness (QED) is 0.444. The van der Waals surface area contributed by atoms with Crippen molar-refractivity contribution >= 4 is 17.8 Å². The van der Waals surface area contributed by atoms with E-state index < -0.39 is 23.5 Å². The van der Waals surface area contributed by atoms with E-state index in [1.165, 1.54) is 6.07 Å². The molecule has 3 rings (SSSR count). The van der Waals surface area contributed by atoms with Crippen LogP contribution >= 0.6 is 0 Å². The second kappa shape index (κ2) is 10.2. The smallest absolute Gasteiger partial charge is 0.303 e. The molecule has 32 heavy (non-hydrogen) atoms. The van der Waals surface area contributed by atoms with E-state index in [0.717, 1.165) is 42.0 Å². The summed E-state index contributed by atoms with van der Waals surface area (Å²) >= 11 is 0. The number of carboxylic acid groups (broad SMARTS) is 1. The maximum absolute atomic E-state index is 13.1. The Bertz CT molecular complexity index is 1030. The standard InChI is InChI=1S/C24H28N2O6/c1-2-3-4-9-25-23(31)18-11-19(21(28)12-20(18)27)24(32)26-13-16-7-5-15(6-8-22(29)30)10-17(16)14-26/h5,7,10-12,27-28H,2-4,6,8-9,13-14H2,1H3,(H,25,31)(H,29,30). The lowest BCUT2D eigenvalue weighted by Crippen LogP contribution is -2.27. The Morgan fingerprint density at radius 2 is 1.69 bits per heavy atom. The van der Waals surface area contributed by atoms with Gasteiger partial charge in [-0.3, -0.25) is 14.4 Å². The van der Waals surface area contributed by atoms with Gasteiger partial charge >= 0.3 is 5.97 Å². The Morgan fingerprint density at radius 1 is 0.969 bits per heavy atom. The van der Waals surface area contributed by atoms with E-state index in [9.17, 15) is 24.6 Å². The molecule has 2 aromatic carbocycles. The van der Waals surface area contributed by atoms with E-state index >= 15 is 0 Å². The minimum atomic E-state index is -0.865. The van der Waals surface area contributed by atoms with E-state index in [-0.39, 0.29) is 23.3 Å². The van der Waals surface area contributed by atoms with Crippen LogP contribution in [0.4, 0.5) is 0 Å². The maximum Gasteiger partial charge on any atom is 0.303 e. The molecule has 1 heterocycles. The minimum Gasteiger partial charge on any atom is -0.507 e. The largest absolute Gasteiger partial charge is 0.507 e. The van der Waals surface area contributed by atoms with E-state index in [1.54, 1.807) is 4.90 Å². The first-order chi connectivity index (χ1) is 15.3. The number of aryl methyl sites for hydroxylation is 1. The zero-order chi connectivity index (χ0) is 23.3. The third kappa shape index (κ3) is 5.38. The molecular weight excluding hydrogens is 412 g/mol. The molecule has 0 saturated heterocycles. The first-order valence-corrected chi connectivity index (χ1v) is 10.8. The summed E-state index contributed by atoms with van der Waals surface area (Å²) in [5.74, 6) is -2.60. The van der Waals surface area contributed by atoms with Crippen molar-refractivity contribution < 1.29 is 29.7 Å². The molecule has 170 valence electrons. The third-order valence-corrected chi connectivity index (χ3v) is 5.56. The maximum atomic E-state index is 13.1. The Balaban J connectivity index is 1.74. The molecule has 0 aliphatic carbocycles. The van der Waals surface area contributed by atoms with Crippen LogP contribution in [-0.4, -0.2) is 44.5 Å². The molecule has 0 atom stereocenters. The first-order valence-electron chi connectivity index (χ1n) is 10.8. The summed E-state index contributed by atoms with van der Waals surface area (Å²) in [4.78, 5) is 37.9. The lowest BCUT2D eigenvalue weighted by atomic mass is 10.0. The average Bonchev–Trinajstić information content (AvgIpc) is 3.18. The number of hydrogen-bond acceptors (Lipinski definition) is 5. The fourth-order valence-electron chi connectivity index (χ4n) is 3.77. The van der Waals surface area contributed by atoms with Crippen LogP contribution in [-0.2, 0) is 24.3 Å². The van der Waals surface area contributed by atoms with Gasteiger partial charge in [-0.1, -0.05) is 38.0 Å². The molecule has 1 aliphatic heterocycles. The van der Waals surface area contributed by atoms with Crippen LogP contribution in [0.3, 0.4) is 0 Å². The van der Waals surface area contributed by atoms with Crippen LogP contribution in [0.1, 0.15) is 70.0 Å². The van der Waals surface area contributed by atoms with Gasteiger partial charge < -0.3 is 25.5 Å². The fourth-order valence-corrected chi connectivity index (χ4v) is 3.77. The number of aliphatic carboxylic acids is 1. The SMILES string of the molecule is CCCCCNC(=O)c1cc(C(=O)N2Cc3ccc(CCC(=O)O)cc3C2)c(O)cc1O. The summed E-state index contributed by atoms with van der Waals surface area (Å²) < 4.78 is 0. The van der Waals surface area contributed by atoms with Crippen molar-refractivity contribution in [1.82, 2.24) is 10.2 Å². The molecular formula is C24H28N2O6. The summed E-state index contributed by atoms with van der Waals surface area (Å²) in [6.07, 6.45) is 3.24. The van der Waals surface area contributed by atoms with Gasteiger partial charge in [0.2, 0.25) is 0 Å². The molecule has 4 N–H and O–H groups in total. The molecule has 1 aliphatic rings. The van der Waals surface area contributed by atoms with Gasteiger partial charge in [0, 0.05) is 32.1 Å². The first kappa shape index (κ1) is 23.1. The Kier molecular flexibility index (Phi) is 7.35. The normalized spacial score (nSPS) is 12.5. The van der Waals surface area contributed by atoms with Crippen molar-refractivity contribution in [2.24, 2.45) is 0 Å². The van der Waals surface area contributed by atoms with Crippen LogP contribution < -0.4 is 5.32 Å². The Labute approximate surface area is 186 Å². The summed E-state index contributed by atoms with van der Waals surface area (Å²) in [5, 5.41) is 32.0. The number of carbonyl (C=O) groups excluding carboxylic acids is 2. The van der Waals surface area contributed by atoms with Crippen molar-refractivity contribution in [3.05, 3.63) is 58.1 Å². The predicted molar refractivity (Wildman–Crippen MR) is 118 cm³/mol. The summed E-state index contributed by atoms with van der Waals surface area (Å²) in [5.41, 5.74) is 2.64. The number of rotatable bonds is 9. The van der Waals surface area contributed by atoms with E-state index in [0.29, 0.717) is 26.1 Å². The number of phenols is 2. The van der Waals surface area contributed by atoms with Crippen LogP contribution in [0.5, 0.6) is 11.5 Å². The van der Waals surface area contributed by atoms with Gasteiger partial charge in [-0.2, -0.15) is 0 Å². The monoisotopic (exact) mass is 440 g/mol. The van der Waals surface area contributed by atoms with Crippen LogP contribution in [0.15, 0.2) is 30.3 Å². The molecule has 0 radical (unpaired) electrons. The third-order valence-electron chi connectivity index (χ3n) is 5.56. The molecule has 0 saturated carbocycles. The number of nitrogens with one attached hydrogen (secondary N) is 1. The molecule has 0 bridgehead atoms. The van der Waals surface area contributed by atoms with Gasteiger partial charge in [-0.25, -0.2) is 0 Å². The van der Waals surface area contributed by atoms with Gasteiger partial charge in [0.15, 0.2) is 0 Å². The molecule has 8 heteroatoms. The summed E-state index contributed by atoms with van der Waals surface area (Å²) in [6, 6.07) is 7.88. The second-order valence-corrected chi connectivity index (χ2v) is 8.01. The van der Waals surface area contributed by atoms with Crippen LogP contribution in [0.2, 0.25) is 0 Å². The molecule has 0 spiro atoms. The highest BCUT2D eigenvalue weighted by molar-refractivity contribution is 6.03. The fraction of sp³-hybridized carbons (Fsp3) is 0.375. The summed E-state index contributed by atoms with van der Waals surface area (Å²) in [7, 11) is 0. The number of hydrogen-bond donors (Lipinski definition) is 4. The average molecular weight is 440 g/mol. The molecule has 8 nitrogen and oxygen atoms in total. The van der Waals surface area contributed by atoms with Gasteiger partial charge in [0.1, 0.15) is 11.5 Å². The lowest BCUT2D eigenvalue weighted by Gasteiger charge is -2.17. The van der Waals surface area contributed by atoms with Crippen molar-refractivity contribution in [3.8, 4) is 11.5 Å². The molecule has 2 aromatic rings. The number of nitrogens with zero attached hydrogens (tertiary/aromatic N) is 1. The Hall–Kier alpha value is -3.55. The van der Waals surface area contributed by atoms with Crippen molar-refractivity contribution in [2.45, 2.75) is 52.1 Å². The number of aromatic hydroxyl groups is 2. The predicted octanol–water partition coefficient (Wildman–Crippen LogP) is 3.19. The van der Waals surface area contributed by atoms with Crippen molar-refractivity contribution in [2.75, 3.05) is 6.54 Å². The topological polar surface area (TPSA) is 127 Å². The van der Waals surface area contributed by atoms with E-state index in [1.807, 2.05) is 18.2 Å². The lowest BCUT2D eigenvalue weighted by molar-refractivity contribution is -0.136. The molecule has 0 unspecified atom stereocenters.